The molecule has 10 heteroatoms. The number of halogens is 2. The molecule has 1 fully saturated rings. The van der Waals surface area contributed by atoms with E-state index in [9.17, 15) is 9.59 Å². The van der Waals surface area contributed by atoms with Crippen LogP contribution in [0.25, 0.3) is 5.52 Å². The standard InChI is InChI=1S/C21H24ClN5O3.ClH/c1-2-30-21(29)17-12-27-18(20(28)24-17)15(10-13-6-3-4-8-16(13)22)19(25-27)26-9-5-7-14(23)11-26;/h3-4,6,8,12,14H,2,5,7,9-11,23H2,1H3,(H,24,28);1H/t14-;/m1./s1. The molecule has 1 atom stereocenters. The van der Waals surface area contributed by atoms with E-state index in [1.54, 1.807) is 6.92 Å². The normalized spacial score (nSPS) is 16.2. The van der Waals surface area contributed by atoms with Crippen LogP contribution in [0.1, 0.15) is 41.4 Å². The van der Waals surface area contributed by atoms with E-state index in [1.807, 2.05) is 24.3 Å². The van der Waals surface area contributed by atoms with Crippen molar-refractivity contribution in [3.8, 4) is 0 Å². The Hall–Kier alpha value is -2.55. The van der Waals surface area contributed by atoms with E-state index in [0.717, 1.165) is 30.5 Å². The summed E-state index contributed by atoms with van der Waals surface area (Å²) in [5, 5.41) is 5.30. The molecule has 1 aromatic carbocycles. The third-order valence-electron chi connectivity index (χ3n) is 5.28. The van der Waals surface area contributed by atoms with Gasteiger partial charge in [0.15, 0.2) is 5.82 Å². The predicted molar refractivity (Wildman–Crippen MR) is 123 cm³/mol. The molecule has 0 saturated carbocycles. The number of ether oxygens (including phenoxy) is 1. The zero-order valence-electron chi connectivity index (χ0n) is 17.1. The Morgan fingerprint density at radius 3 is 2.87 bits per heavy atom. The van der Waals surface area contributed by atoms with Crippen LogP contribution in [0.15, 0.2) is 35.3 Å². The van der Waals surface area contributed by atoms with Gasteiger partial charge < -0.3 is 20.4 Å². The first-order valence-electron chi connectivity index (χ1n) is 10.0. The van der Waals surface area contributed by atoms with Crippen molar-refractivity contribution in [1.82, 2.24) is 14.6 Å². The van der Waals surface area contributed by atoms with Gasteiger partial charge in [-0.25, -0.2) is 9.31 Å². The Labute approximate surface area is 190 Å². The number of rotatable bonds is 5. The van der Waals surface area contributed by atoms with Crippen LogP contribution in [0, 0.1) is 0 Å². The number of hydrogen-bond donors (Lipinski definition) is 2. The number of aromatic nitrogens is 3. The van der Waals surface area contributed by atoms with Crippen LogP contribution in [0.3, 0.4) is 0 Å². The SMILES string of the molecule is CCOC(=O)c1cn2nc(N3CCC[C@@H](N)C3)c(Cc3ccccc3Cl)c2c(=O)[nH]1.Cl. The summed E-state index contributed by atoms with van der Waals surface area (Å²) in [5.74, 6) is 0.0952. The monoisotopic (exact) mass is 465 g/mol. The lowest BCUT2D eigenvalue weighted by atomic mass is 10.0. The van der Waals surface area contributed by atoms with Crippen molar-refractivity contribution < 1.29 is 9.53 Å². The number of nitrogens with one attached hydrogen (secondary N) is 1. The number of esters is 1. The number of piperidine rings is 1. The maximum Gasteiger partial charge on any atom is 0.356 e. The van der Waals surface area contributed by atoms with Crippen molar-refractivity contribution in [1.29, 1.82) is 0 Å². The number of carbonyl (C=O) groups is 1. The lowest BCUT2D eigenvalue weighted by Crippen LogP contribution is -2.43. The number of aromatic amines is 1. The summed E-state index contributed by atoms with van der Waals surface area (Å²) in [6, 6.07) is 7.57. The Balaban J connectivity index is 0.00000272. The van der Waals surface area contributed by atoms with Crippen LogP contribution >= 0.6 is 24.0 Å². The summed E-state index contributed by atoms with van der Waals surface area (Å²) in [6.45, 7) is 3.38. The number of nitrogens with zero attached hydrogens (tertiary/aromatic N) is 3. The second kappa shape index (κ2) is 9.72. The molecule has 0 bridgehead atoms. The van der Waals surface area contributed by atoms with Gasteiger partial charge in [0.2, 0.25) is 0 Å². The zero-order chi connectivity index (χ0) is 21.3. The van der Waals surface area contributed by atoms with Crippen molar-refractivity contribution in [2.75, 3.05) is 24.6 Å². The number of carbonyl (C=O) groups excluding carboxylic acids is 1. The fraction of sp³-hybridized carbons (Fsp3) is 0.381. The maximum atomic E-state index is 13.0. The molecule has 4 rings (SSSR count). The van der Waals surface area contributed by atoms with Gasteiger partial charge in [0.05, 0.1) is 12.8 Å². The maximum absolute atomic E-state index is 13.0. The van der Waals surface area contributed by atoms with Gasteiger partial charge in [-0.15, -0.1) is 17.5 Å². The third-order valence-corrected chi connectivity index (χ3v) is 5.65. The second-order valence-electron chi connectivity index (χ2n) is 7.43. The van der Waals surface area contributed by atoms with Gasteiger partial charge in [-0.3, -0.25) is 4.79 Å². The molecule has 166 valence electrons. The third kappa shape index (κ3) is 4.71. The molecule has 0 spiro atoms. The Bertz CT molecular complexity index is 1140. The van der Waals surface area contributed by atoms with Gasteiger partial charge in [0.25, 0.3) is 5.56 Å². The molecule has 1 aliphatic heterocycles. The molecule has 0 amide bonds. The topological polar surface area (TPSA) is 106 Å². The minimum absolute atomic E-state index is 0. The average Bonchev–Trinajstić information content (AvgIpc) is 3.09. The van der Waals surface area contributed by atoms with Crippen LogP contribution in [0.2, 0.25) is 5.02 Å². The summed E-state index contributed by atoms with van der Waals surface area (Å²) < 4.78 is 6.48. The first kappa shape index (κ1) is 23.1. The summed E-state index contributed by atoms with van der Waals surface area (Å²) in [6.07, 6.45) is 3.84. The minimum atomic E-state index is -0.596. The van der Waals surface area contributed by atoms with E-state index in [4.69, 9.17) is 22.1 Å². The Morgan fingerprint density at radius 1 is 1.39 bits per heavy atom. The highest BCUT2D eigenvalue weighted by Gasteiger charge is 2.26. The fourth-order valence-corrected chi connectivity index (χ4v) is 4.09. The second-order valence-corrected chi connectivity index (χ2v) is 7.84. The van der Waals surface area contributed by atoms with Crippen molar-refractivity contribution in [2.24, 2.45) is 5.73 Å². The van der Waals surface area contributed by atoms with E-state index in [2.05, 4.69) is 15.0 Å². The van der Waals surface area contributed by atoms with E-state index < -0.39 is 11.5 Å². The molecule has 2 aromatic heterocycles. The molecule has 3 aromatic rings. The highest BCUT2D eigenvalue weighted by Crippen LogP contribution is 2.29. The summed E-state index contributed by atoms with van der Waals surface area (Å²) in [4.78, 5) is 29.8. The van der Waals surface area contributed by atoms with E-state index in [1.165, 1.54) is 10.7 Å². The zero-order valence-corrected chi connectivity index (χ0v) is 18.7. The summed E-state index contributed by atoms with van der Waals surface area (Å²) in [7, 11) is 0. The average molecular weight is 466 g/mol. The summed E-state index contributed by atoms with van der Waals surface area (Å²) in [5.41, 5.74) is 7.88. The Morgan fingerprint density at radius 2 is 2.16 bits per heavy atom. The minimum Gasteiger partial charge on any atom is -0.461 e. The summed E-state index contributed by atoms with van der Waals surface area (Å²) >= 11 is 6.39. The van der Waals surface area contributed by atoms with Gasteiger partial charge in [-0.2, -0.15) is 0 Å². The highest BCUT2D eigenvalue weighted by atomic mass is 35.5. The lowest BCUT2D eigenvalue weighted by molar-refractivity contribution is 0.0518. The largest absolute Gasteiger partial charge is 0.461 e. The molecule has 0 unspecified atom stereocenters. The molecule has 31 heavy (non-hydrogen) atoms. The van der Waals surface area contributed by atoms with Gasteiger partial charge in [0.1, 0.15) is 11.2 Å². The number of nitrogens with two attached hydrogens (primary N) is 1. The number of fused-ring (bicyclic) bond motifs is 1. The number of H-pyrrole nitrogens is 1. The van der Waals surface area contributed by atoms with Gasteiger partial charge in [-0.1, -0.05) is 29.8 Å². The van der Waals surface area contributed by atoms with Crippen LogP contribution in [0.5, 0.6) is 0 Å². The van der Waals surface area contributed by atoms with Crippen LogP contribution in [-0.4, -0.2) is 46.3 Å². The molecule has 8 nitrogen and oxygen atoms in total. The van der Waals surface area contributed by atoms with Crippen molar-refractivity contribution in [3.05, 3.63) is 62.7 Å². The first-order valence-corrected chi connectivity index (χ1v) is 10.4. The molecular weight excluding hydrogens is 441 g/mol. The van der Waals surface area contributed by atoms with Crippen LogP contribution in [0.4, 0.5) is 5.82 Å². The molecule has 1 aliphatic rings. The molecule has 3 N–H and O–H groups in total. The lowest BCUT2D eigenvalue weighted by Gasteiger charge is -2.31. The van der Waals surface area contributed by atoms with Gasteiger partial charge in [0, 0.05) is 36.1 Å². The molecular formula is C21H25Cl2N5O3. The van der Waals surface area contributed by atoms with E-state index >= 15 is 0 Å². The van der Waals surface area contributed by atoms with Crippen molar-refractivity contribution in [3.63, 3.8) is 0 Å². The molecule has 0 radical (unpaired) electrons. The Kier molecular flexibility index (Phi) is 7.25. The van der Waals surface area contributed by atoms with Gasteiger partial charge in [-0.05, 0) is 31.4 Å². The number of hydrogen-bond acceptors (Lipinski definition) is 6. The molecule has 3 heterocycles. The van der Waals surface area contributed by atoms with Gasteiger partial charge >= 0.3 is 5.97 Å². The number of anilines is 1. The predicted octanol–water partition coefficient (Wildman–Crippen LogP) is 2.79. The highest BCUT2D eigenvalue weighted by molar-refractivity contribution is 6.31. The fourth-order valence-electron chi connectivity index (χ4n) is 3.89. The first-order chi connectivity index (χ1) is 14.5. The van der Waals surface area contributed by atoms with Crippen molar-refractivity contribution in [2.45, 2.75) is 32.2 Å². The smallest absolute Gasteiger partial charge is 0.356 e. The van der Waals surface area contributed by atoms with Crippen LogP contribution < -0.4 is 16.2 Å². The number of benzene rings is 1. The van der Waals surface area contributed by atoms with E-state index in [-0.39, 0.29) is 30.7 Å². The quantitative estimate of drug-likeness (QED) is 0.561. The van der Waals surface area contributed by atoms with Crippen molar-refractivity contribution >= 4 is 41.3 Å². The van der Waals surface area contributed by atoms with E-state index in [0.29, 0.717) is 29.3 Å². The molecule has 0 aliphatic carbocycles. The van der Waals surface area contributed by atoms with Crippen LogP contribution in [-0.2, 0) is 11.2 Å². The molecule has 1 saturated heterocycles.